The minimum absolute atomic E-state index is 0.200. The van der Waals surface area contributed by atoms with Crippen molar-refractivity contribution < 1.29 is 14.3 Å². The minimum Gasteiger partial charge on any atom is -0.495 e. The molecule has 2 rings (SSSR count). The summed E-state index contributed by atoms with van der Waals surface area (Å²) in [7, 11) is 3.67. The number of likely N-dealkylation sites (N-methyl/N-ethyl adjacent to an activating group) is 1. The number of nitrogens with one attached hydrogen (secondary N) is 3. The molecule has 3 amide bonds. The van der Waals surface area contributed by atoms with Gasteiger partial charge in [-0.15, -0.1) is 0 Å². The molecule has 0 unspecified atom stereocenters. The monoisotopic (exact) mass is 363 g/mol. The first kappa shape index (κ1) is 20.0. The molecule has 26 heavy (non-hydrogen) atoms. The van der Waals surface area contributed by atoms with E-state index >= 15 is 0 Å². The molecule has 1 heterocycles. The highest BCUT2D eigenvalue weighted by atomic mass is 16.5. The predicted octanol–water partition coefficient (Wildman–Crippen LogP) is 1.41. The van der Waals surface area contributed by atoms with E-state index in [2.05, 4.69) is 32.8 Å². The average molecular weight is 363 g/mol. The molecule has 1 fully saturated rings. The molecule has 1 aliphatic heterocycles. The van der Waals surface area contributed by atoms with E-state index in [0.29, 0.717) is 23.7 Å². The molecular formula is C18H29N5O3. The van der Waals surface area contributed by atoms with Crippen LogP contribution in [0.5, 0.6) is 5.75 Å². The van der Waals surface area contributed by atoms with Crippen molar-refractivity contribution in [2.75, 3.05) is 64.1 Å². The zero-order valence-electron chi connectivity index (χ0n) is 15.8. The maximum Gasteiger partial charge on any atom is 0.319 e. The number of amides is 3. The lowest BCUT2D eigenvalue weighted by molar-refractivity contribution is -0.114. The van der Waals surface area contributed by atoms with Crippen LogP contribution in [0, 0.1) is 0 Å². The van der Waals surface area contributed by atoms with E-state index in [-0.39, 0.29) is 11.9 Å². The zero-order valence-corrected chi connectivity index (χ0v) is 15.8. The van der Waals surface area contributed by atoms with Gasteiger partial charge in [0.2, 0.25) is 5.91 Å². The van der Waals surface area contributed by atoms with Gasteiger partial charge in [0.05, 0.1) is 12.8 Å². The number of rotatable bonds is 7. The number of piperazine rings is 1. The Kier molecular flexibility index (Phi) is 7.68. The number of carbonyl (C=O) groups excluding carboxylic acids is 2. The van der Waals surface area contributed by atoms with Gasteiger partial charge in [-0.3, -0.25) is 4.79 Å². The van der Waals surface area contributed by atoms with Crippen LogP contribution in [0.4, 0.5) is 16.2 Å². The molecule has 0 atom stereocenters. The molecule has 0 bridgehead atoms. The van der Waals surface area contributed by atoms with Crippen LogP contribution in [-0.2, 0) is 4.79 Å². The van der Waals surface area contributed by atoms with Crippen molar-refractivity contribution in [3.8, 4) is 5.75 Å². The number of nitrogens with zero attached hydrogens (tertiary/aromatic N) is 2. The number of benzene rings is 1. The van der Waals surface area contributed by atoms with Gasteiger partial charge in [-0.1, -0.05) is 0 Å². The summed E-state index contributed by atoms with van der Waals surface area (Å²) in [6, 6.07) is 4.84. The Bertz CT molecular complexity index is 615. The second-order valence-corrected chi connectivity index (χ2v) is 6.48. The summed E-state index contributed by atoms with van der Waals surface area (Å²) >= 11 is 0. The lowest BCUT2D eigenvalue weighted by Crippen LogP contribution is -2.45. The van der Waals surface area contributed by atoms with Gasteiger partial charge in [0.25, 0.3) is 0 Å². The Morgan fingerprint density at radius 3 is 2.54 bits per heavy atom. The summed E-state index contributed by atoms with van der Waals surface area (Å²) in [6.07, 6.45) is 0.914. The van der Waals surface area contributed by atoms with Gasteiger partial charge < -0.3 is 30.5 Å². The molecule has 0 aliphatic carbocycles. The summed E-state index contributed by atoms with van der Waals surface area (Å²) in [5.74, 6) is 0.340. The average Bonchev–Trinajstić information content (AvgIpc) is 2.60. The van der Waals surface area contributed by atoms with Gasteiger partial charge in [0, 0.05) is 45.3 Å². The molecule has 8 nitrogen and oxygen atoms in total. The third-order valence-electron chi connectivity index (χ3n) is 4.30. The molecule has 0 spiro atoms. The van der Waals surface area contributed by atoms with Crippen LogP contribution in [0.15, 0.2) is 18.2 Å². The van der Waals surface area contributed by atoms with E-state index in [9.17, 15) is 9.59 Å². The van der Waals surface area contributed by atoms with Gasteiger partial charge in [-0.2, -0.15) is 0 Å². The fraction of sp³-hybridized carbons (Fsp3) is 0.556. The second-order valence-electron chi connectivity index (χ2n) is 6.48. The Hall–Kier alpha value is -2.32. The summed E-state index contributed by atoms with van der Waals surface area (Å²) < 4.78 is 5.20. The largest absolute Gasteiger partial charge is 0.495 e. The predicted molar refractivity (Wildman–Crippen MR) is 103 cm³/mol. The van der Waals surface area contributed by atoms with Gasteiger partial charge in [0.1, 0.15) is 5.75 Å². The Balaban J connectivity index is 1.74. The van der Waals surface area contributed by atoms with Crippen LogP contribution in [0.3, 0.4) is 0 Å². The van der Waals surface area contributed by atoms with Gasteiger partial charge in [0.15, 0.2) is 0 Å². The van der Waals surface area contributed by atoms with Crippen molar-refractivity contribution in [2.24, 2.45) is 0 Å². The van der Waals surface area contributed by atoms with E-state index in [1.165, 1.54) is 14.0 Å². The number of carbonyl (C=O) groups is 2. The quantitative estimate of drug-likeness (QED) is 0.638. The van der Waals surface area contributed by atoms with Crippen LogP contribution in [0.1, 0.15) is 13.3 Å². The first-order valence-electron chi connectivity index (χ1n) is 8.89. The smallest absolute Gasteiger partial charge is 0.319 e. The number of anilines is 2. The molecule has 8 heteroatoms. The van der Waals surface area contributed by atoms with E-state index in [1.54, 1.807) is 18.2 Å². The highest BCUT2D eigenvalue weighted by Gasteiger charge is 2.13. The van der Waals surface area contributed by atoms with Crippen molar-refractivity contribution in [3.63, 3.8) is 0 Å². The molecule has 3 N–H and O–H groups in total. The standard InChI is InChI=1S/C18H29N5O3/c1-14(24)20-16-13-15(5-6-17(16)26-3)21-18(25)19-7-4-8-23-11-9-22(2)10-12-23/h5-6,13H,4,7-12H2,1-3H3,(H,20,24)(H2,19,21,25). The zero-order chi connectivity index (χ0) is 18.9. The normalized spacial score (nSPS) is 15.3. The number of methoxy groups -OCH3 is 1. The maximum absolute atomic E-state index is 12.0. The van der Waals surface area contributed by atoms with E-state index in [4.69, 9.17) is 4.74 Å². The minimum atomic E-state index is -0.262. The molecule has 144 valence electrons. The first-order chi connectivity index (χ1) is 12.5. The van der Waals surface area contributed by atoms with Gasteiger partial charge >= 0.3 is 6.03 Å². The second kappa shape index (κ2) is 9.98. The van der Waals surface area contributed by atoms with E-state index < -0.39 is 0 Å². The third-order valence-corrected chi connectivity index (χ3v) is 4.30. The van der Waals surface area contributed by atoms with Crippen molar-refractivity contribution in [1.29, 1.82) is 0 Å². The topological polar surface area (TPSA) is 85.9 Å². The van der Waals surface area contributed by atoms with Crippen LogP contribution in [0.25, 0.3) is 0 Å². The summed E-state index contributed by atoms with van der Waals surface area (Å²) in [5.41, 5.74) is 1.11. The van der Waals surface area contributed by atoms with Crippen LogP contribution in [-0.4, -0.2) is 75.2 Å². The Morgan fingerprint density at radius 1 is 1.15 bits per heavy atom. The Morgan fingerprint density at radius 2 is 1.88 bits per heavy atom. The molecule has 1 aromatic carbocycles. The van der Waals surface area contributed by atoms with Gasteiger partial charge in [-0.05, 0) is 38.2 Å². The SMILES string of the molecule is COc1ccc(NC(=O)NCCCN2CCN(C)CC2)cc1NC(C)=O. The summed E-state index contributed by atoms with van der Waals surface area (Å²) in [4.78, 5) is 28.0. The number of hydrogen-bond acceptors (Lipinski definition) is 5. The van der Waals surface area contributed by atoms with Crippen molar-refractivity contribution in [3.05, 3.63) is 18.2 Å². The van der Waals surface area contributed by atoms with Crippen molar-refractivity contribution in [2.45, 2.75) is 13.3 Å². The summed E-state index contributed by atoms with van der Waals surface area (Å²) in [5, 5.41) is 8.32. The van der Waals surface area contributed by atoms with Crippen LogP contribution in [0.2, 0.25) is 0 Å². The molecule has 0 aromatic heterocycles. The van der Waals surface area contributed by atoms with Crippen LogP contribution < -0.4 is 20.7 Å². The van der Waals surface area contributed by atoms with E-state index in [1.807, 2.05) is 0 Å². The molecule has 1 aromatic rings. The molecule has 0 radical (unpaired) electrons. The lowest BCUT2D eigenvalue weighted by atomic mass is 10.2. The number of urea groups is 1. The summed E-state index contributed by atoms with van der Waals surface area (Å²) in [6.45, 7) is 7.40. The molecule has 0 saturated carbocycles. The van der Waals surface area contributed by atoms with E-state index in [0.717, 1.165) is 39.1 Å². The fourth-order valence-corrected chi connectivity index (χ4v) is 2.82. The fourth-order valence-electron chi connectivity index (χ4n) is 2.82. The van der Waals surface area contributed by atoms with Crippen molar-refractivity contribution in [1.82, 2.24) is 15.1 Å². The Labute approximate surface area is 154 Å². The lowest BCUT2D eigenvalue weighted by Gasteiger charge is -2.32. The highest BCUT2D eigenvalue weighted by Crippen LogP contribution is 2.27. The van der Waals surface area contributed by atoms with Crippen LogP contribution >= 0.6 is 0 Å². The highest BCUT2D eigenvalue weighted by molar-refractivity contribution is 5.94. The van der Waals surface area contributed by atoms with Gasteiger partial charge in [-0.25, -0.2) is 4.79 Å². The van der Waals surface area contributed by atoms with Crippen molar-refractivity contribution >= 4 is 23.3 Å². The first-order valence-corrected chi connectivity index (χ1v) is 8.89. The molecular weight excluding hydrogens is 334 g/mol. The third kappa shape index (κ3) is 6.53. The maximum atomic E-state index is 12.0. The number of hydrogen-bond donors (Lipinski definition) is 3. The number of ether oxygens (including phenoxy) is 1. The molecule has 1 aliphatic rings. The molecule has 1 saturated heterocycles.